The maximum atomic E-state index is 5.50. The van der Waals surface area contributed by atoms with E-state index in [1.54, 1.807) is 0 Å². The van der Waals surface area contributed by atoms with Gasteiger partial charge in [-0.05, 0) is 38.0 Å². The first-order valence-corrected chi connectivity index (χ1v) is 5.48. The summed E-state index contributed by atoms with van der Waals surface area (Å²) in [5.74, 6) is 0. The minimum Gasteiger partial charge on any atom is -0.376 e. The second-order valence-electron chi connectivity index (χ2n) is 4.00. The Morgan fingerprint density at radius 2 is 2.15 bits per heavy atom. The van der Waals surface area contributed by atoms with Crippen LogP contribution in [0.2, 0.25) is 0 Å². The summed E-state index contributed by atoms with van der Waals surface area (Å²) in [6.07, 6.45) is 5.22. The largest absolute Gasteiger partial charge is 0.376 e. The predicted octanol–water partition coefficient (Wildman–Crippen LogP) is 0.446. The zero-order chi connectivity index (χ0) is 9.26. The van der Waals surface area contributed by atoms with Crippen LogP contribution in [0.1, 0.15) is 25.7 Å². The minimum atomic E-state index is 0.456. The van der Waals surface area contributed by atoms with Gasteiger partial charge >= 0.3 is 0 Å². The van der Waals surface area contributed by atoms with Gasteiger partial charge in [-0.2, -0.15) is 0 Å². The van der Waals surface area contributed by atoms with Crippen molar-refractivity contribution in [3.63, 3.8) is 0 Å². The molecule has 2 saturated heterocycles. The predicted molar refractivity (Wildman–Crippen MR) is 57.5 cm³/mol. The summed E-state index contributed by atoms with van der Waals surface area (Å²) in [7, 11) is 0. The molecule has 0 radical (unpaired) electrons. The van der Waals surface area contributed by atoms with Crippen molar-refractivity contribution in [2.45, 2.75) is 37.8 Å². The molecule has 2 heterocycles. The van der Waals surface area contributed by atoms with Gasteiger partial charge in [-0.15, -0.1) is 0 Å². The van der Waals surface area contributed by atoms with Crippen LogP contribution < -0.4 is 11.1 Å². The monoisotopic (exact) mass is 199 g/mol. The first-order valence-electron chi connectivity index (χ1n) is 5.07. The summed E-state index contributed by atoms with van der Waals surface area (Å²) in [4.78, 5) is 2.57. The van der Waals surface area contributed by atoms with Gasteiger partial charge in [-0.3, -0.25) is 4.90 Å². The van der Waals surface area contributed by atoms with Crippen molar-refractivity contribution in [1.29, 1.82) is 0 Å². The Balaban J connectivity index is 1.94. The van der Waals surface area contributed by atoms with E-state index in [0.717, 1.165) is 0 Å². The van der Waals surface area contributed by atoms with Crippen LogP contribution in [0.15, 0.2) is 0 Å². The van der Waals surface area contributed by atoms with Crippen molar-refractivity contribution < 1.29 is 0 Å². The average molecular weight is 199 g/mol. The second-order valence-corrected chi connectivity index (χ2v) is 4.44. The molecular formula is C9H17N3S. The highest BCUT2D eigenvalue weighted by Crippen LogP contribution is 2.26. The number of nitrogens with one attached hydrogen (secondary N) is 1. The van der Waals surface area contributed by atoms with Gasteiger partial charge in [0.1, 0.15) is 0 Å². The van der Waals surface area contributed by atoms with E-state index < -0.39 is 0 Å². The molecule has 2 aliphatic heterocycles. The van der Waals surface area contributed by atoms with Gasteiger partial charge < -0.3 is 11.1 Å². The topological polar surface area (TPSA) is 41.3 Å². The quantitative estimate of drug-likeness (QED) is 0.602. The van der Waals surface area contributed by atoms with Crippen LogP contribution in [0.5, 0.6) is 0 Å². The Hall–Kier alpha value is -0.350. The molecule has 3 nitrogen and oxygen atoms in total. The Labute approximate surface area is 84.7 Å². The van der Waals surface area contributed by atoms with Gasteiger partial charge in [-0.25, -0.2) is 0 Å². The van der Waals surface area contributed by atoms with Gasteiger partial charge in [0, 0.05) is 18.6 Å². The van der Waals surface area contributed by atoms with E-state index in [4.69, 9.17) is 18.0 Å². The highest BCUT2D eigenvalue weighted by atomic mass is 32.1. The molecule has 2 rings (SSSR count). The van der Waals surface area contributed by atoms with E-state index in [2.05, 4.69) is 10.2 Å². The molecule has 2 atom stereocenters. The first kappa shape index (κ1) is 9.21. The fourth-order valence-electron chi connectivity index (χ4n) is 2.60. The number of rotatable bonds is 1. The van der Waals surface area contributed by atoms with E-state index in [1.807, 2.05) is 0 Å². The molecule has 4 heteroatoms. The van der Waals surface area contributed by atoms with Crippen LogP contribution >= 0.6 is 12.2 Å². The van der Waals surface area contributed by atoms with Crippen molar-refractivity contribution in [2.24, 2.45) is 5.73 Å². The van der Waals surface area contributed by atoms with Gasteiger partial charge in [0.25, 0.3) is 0 Å². The smallest absolute Gasteiger partial charge is 0.163 e. The molecule has 13 heavy (non-hydrogen) atoms. The highest BCUT2D eigenvalue weighted by Gasteiger charge is 2.35. The Bertz CT molecular complexity index is 207. The van der Waals surface area contributed by atoms with Crippen LogP contribution in [0.25, 0.3) is 0 Å². The number of thiocarbonyl (C=S) groups is 1. The lowest BCUT2D eigenvalue weighted by Gasteiger charge is -2.32. The van der Waals surface area contributed by atoms with Crippen molar-refractivity contribution >= 4 is 17.3 Å². The molecule has 0 bridgehead atoms. The van der Waals surface area contributed by atoms with Crippen molar-refractivity contribution in [3.05, 3.63) is 0 Å². The van der Waals surface area contributed by atoms with Gasteiger partial charge in [-0.1, -0.05) is 6.42 Å². The molecule has 0 aromatic carbocycles. The molecule has 2 unspecified atom stereocenters. The number of hydrogen-bond donors (Lipinski definition) is 2. The summed E-state index contributed by atoms with van der Waals surface area (Å²) in [5, 5.41) is 3.66. The maximum absolute atomic E-state index is 5.50. The molecular weight excluding hydrogens is 182 g/mol. The number of fused-ring (bicyclic) bond motifs is 1. The molecule has 0 spiro atoms. The third kappa shape index (κ3) is 1.94. The zero-order valence-electron chi connectivity index (χ0n) is 7.83. The van der Waals surface area contributed by atoms with E-state index in [1.165, 1.54) is 38.8 Å². The molecule has 0 saturated carbocycles. The molecule has 0 aliphatic carbocycles. The van der Waals surface area contributed by atoms with E-state index in [9.17, 15) is 0 Å². The second kappa shape index (κ2) is 3.80. The van der Waals surface area contributed by atoms with Gasteiger partial charge in [0.05, 0.1) is 0 Å². The minimum absolute atomic E-state index is 0.456. The summed E-state index contributed by atoms with van der Waals surface area (Å²) < 4.78 is 0. The molecule has 3 N–H and O–H groups in total. The number of hydrogen-bond acceptors (Lipinski definition) is 2. The molecule has 2 aliphatic rings. The average Bonchev–Trinajstić information content (AvgIpc) is 2.48. The summed E-state index contributed by atoms with van der Waals surface area (Å²) in [5.41, 5.74) is 5.50. The molecule has 0 amide bonds. The molecule has 2 fully saturated rings. The Kier molecular flexibility index (Phi) is 2.69. The van der Waals surface area contributed by atoms with Crippen LogP contribution in [0.4, 0.5) is 0 Å². The number of nitrogens with zero attached hydrogens (tertiary/aromatic N) is 1. The van der Waals surface area contributed by atoms with E-state index in [0.29, 0.717) is 17.2 Å². The van der Waals surface area contributed by atoms with E-state index >= 15 is 0 Å². The third-order valence-corrected chi connectivity index (χ3v) is 3.30. The lowest BCUT2D eigenvalue weighted by Crippen LogP contribution is -2.48. The third-order valence-electron chi connectivity index (χ3n) is 3.18. The molecule has 0 aromatic heterocycles. The Morgan fingerprint density at radius 1 is 1.31 bits per heavy atom. The molecule has 0 aromatic rings. The summed E-state index contributed by atoms with van der Waals surface area (Å²) in [6, 6.07) is 1.20. The Morgan fingerprint density at radius 3 is 2.92 bits per heavy atom. The van der Waals surface area contributed by atoms with Crippen molar-refractivity contribution in [3.8, 4) is 0 Å². The normalized spacial score (nSPS) is 34.2. The molecule has 74 valence electrons. The SMILES string of the molecule is NC(=S)NC1CCN2CCCCC12. The lowest BCUT2D eigenvalue weighted by atomic mass is 9.99. The number of nitrogens with two attached hydrogens (primary N) is 1. The van der Waals surface area contributed by atoms with Crippen LogP contribution in [-0.4, -0.2) is 35.2 Å². The standard InChI is InChI=1S/C9H17N3S/c10-9(13)11-7-4-6-12-5-2-1-3-8(7)12/h7-8H,1-6H2,(H3,10,11,13). The maximum Gasteiger partial charge on any atom is 0.163 e. The zero-order valence-corrected chi connectivity index (χ0v) is 8.65. The van der Waals surface area contributed by atoms with Crippen LogP contribution in [0.3, 0.4) is 0 Å². The van der Waals surface area contributed by atoms with Gasteiger partial charge in [0.15, 0.2) is 5.11 Å². The number of piperidine rings is 1. The summed E-state index contributed by atoms with van der Waals surface area (Å²) in [6.45, 7) is 2.48. The van der Waals surface area contributed by atoms with Crippen molar-refractivity contribution in [1.82, 2.24) is 10.2 Å². The van der Waals surface area contributed by atoms with Crippen molar-refractivity contribution in [2.75, 3.05) is 13.1 Å². The summed E-state index contributed by atoms with van der Waals surface area (Å²) >= 11 is 4.87. The fraction of sp³-hybridized carbons (Fsp3) is 0.889. The van der Waals surface area contributed by atoms with Crippen LogP contribution in [0, 0.1) is 0 Å². The van der Waals surface area contributed by atoms with E-state index in [-0.39, 0.29) is 0 Å². The van der Waals surface area contributed by atoms with Crippen LogP contribution in [-0.2, 0) is 0 Å². The first-order chi connectivity index (χ1) is 6.27. The van der Waals surface area contributed by atoms with Gasteiger partial charge in [0.2, 0.25) is 0 Å². The fourth-order valence-corrected chi connectivity index (χ4v) is 2.75. The highest BCUT2D eigenvalue weighted by molar-refractivity contribution is 7.80. The lowest BCUT2D eigenvalue weighted by molar-refractivity contribution is 0.185.